The lowest BCUT2D eigenvalue weighted by atomic mass is 9.66. The van der Waals surface area contributed by atoms with Gasteiger partial charge in [0.25, 0.3) is 0 Å². The van der Waals surface area contributed by atoms with Crippen molar-refractivity contribution in [3.63, 3.8) is 0 Å². The molecule has 0 aromatic rings. The highest BCUT2D eigenvalue weighted by Crippen LogP contribution is 2.68. The van der Waals surface area contributed by atoms with Crippen LogP contribution in [0, 0.1) is 17.8 Å². The molecule has 0 aromatic heterocycles. The number of rotatable bonds is 8. The second-order valence-electron chi connectivity index (χ2n) is 9.63. The maximum atomic E-state index is 14.2. The Bertz CT molecular complexity index is 769. The van der Waals surface area contributed by atoms with E-state index in [1.165, 1.54) is 6.42 Å². The fourth-order valence-electron chi connectivity index (χ4n) is 6.76. The van der Waals surface area contributed by atoms with E-state index in [1.54, 1.807) is 29.7 Å². The van der Waals surface area contributed by atoms with Crippen LogP contribution in [0.4, 0.5) is 0 Å². The second kappa shape index (κ2) is 9.37. The highest BCUT2D eigenvalue weighted by atomic mass is 32.2. The van der Waals surface area contributed by atoms with Gasteiger partial charge in [-0.05, 0) is 32.1 Å². The van der Waals surface area contributed by atoms with Crippen LogP contribution in [0.3, 0.4) is 0 Å². The first-order valence-corrected chi connectivity index (χ1v) is 13.0. The predicted molar refractivity (Wildman–Crippen MR) is 123 cm³/mol. The summed E-state index contributed by atoms with van der Waals surface area (Å²) in [4.78, 5) is 44.3. The second-order valence-corrected chi connectivity index (χ2v) is 11.2. The Balaban J connectivity index is 1.74. The molecule has 3 unspecified atom stereocenters. The van der Waals surface area contributed by atoms with Gasteiger partial charge < -0.3 is 19.6 Å². The molecule has 3 saturated heterocycles. The molecule has 4 rings (SSSR count). The molecule has 2 amide bonds. The van der Waals surface area contributed by atoms with Gasteiger partial charge in [0.15, 0.2) is 0 Å². The first kappa shape index (κ1) is 23.6. The number of aliphatic hydroxyl groups excluding tert-OH is 1. The third-order valence-electron chi connectivity index (χ3n) is 8.00. The van der Waals surface area contributed by atoms with E-state index in [1.807, 2.05) is 4.90 Å². The van der Waals surface area contributed by atoms with Gasteiger partial charge in [0.2, 0.25) is 11.8 Å². The summed E-state index contributed by atoms with van der Waals surface area (Å²) >= 11 is 1.65. The molecule has 178 valence electrons. The number of carbonyl (C=O) groups is 3. The van der Waals surface area contributed by atoms with Crippen LogP contribution in [0.5, 0.6) is 0 Å². The number of hydrogen-bond acceptors (Lipinski definition) is 6. The van der Waals surface area contributed by atoms with E-state index in [4.69, 9.17) is 4.74 Å². The predicted octanol–water partition coefficient (Wildman–Crippen LogP) is 2.23. The zero-order valence-corrected chi connectivity index (χ0v) is 20.0. The van der Waals surface area contributed by atoms with E-state index >= 15 is 0 Å². The molecule has 6 atom stereocenters. The zero-order chi connectivity index (χ0) is 23.0. The molecule has 1 saturated carbocycles. The van der Waals surface area contributed by atoms with Gasteiger partial charge in [0.05, 0.1) is 29.8 Å². The Kier molecular flexibility index (Phi) is 6.92. The first-order valence-electron chi connectivity index (χ1n) is 12.1. The third-order valence-corrected chi connectivity index (χ3v) is 10.1. The Morgan fingerprint density at radius 2 is 2.06 bits per heavy atom. The molecule has 1 N–H and O–H groups in total. The number of β-amino-alcohol motifs (C(OH)–C–C–N with tert-alkyl or cyclic N) is 1. The average molecular weight is 465 g/mol. The van der Waals surface area contributed by atoms with Crippen LogP contribution in [0.1, 0.15) is 52.4 Å². The number of carbonyl (C=O) groups excluding carboxylic acids is 3. The van der Waals surface area contributed by atoms with Crippen molar-refractivity contribution in [2.75, 3.05) is 26.3 Å². The summed E-state index contributed by atoms with van der Waals surface area (Å²) in [6.07, 6.45) is 7.87. The Morgan fingerprint density at radius 3 is 2.69 bits per heavy atom. The fraction of sp³-hybridized carbons (Fsp3) is 0.792. The van der Waals surface area contributed by atoms with E-state index < -0.39 is 22.6 Å². The number of amides is 2. The van der Waals surface area contributed by atoms with Gasteiger partial charge in [-0.2, -0.15) is 0 Å². The van der Waals surface area contributed by atoms with E-state index in [2.05, 4.69) is 13.5 Å². The van der Waals surface area contributed by atoms with Gasteiger partial charge in [-0.15, -0.1) is 18.3 Å². The third kappa shape index (κ3) is 3.49. The topological polar surface area (TPSA) is 87.2 Å². The van der Waals surface area contributed by atoms with Crippen LogP contribution < -0.4 is 0 Å². The van der Waals surface area contributed by atoms with E-state index in [9.17, 15) is 19.5 Å². The highest BCUT2D eigenvalue weighted by Gasteiger charge is 2.76. The number of fused-ring (bicyclic) bond motifs is 1. The summed E-state index contributed by atoms with van der Waals surface area (Å²) in [7, 11) is 0. The molecule has 3 heterocycles. The summed E-state index contributed by atoms with van der Waals surface area (Å²) in [6.45, 7) is 8.37. The van der Waals surface area contributed by atoms with Crippen molar-refractivity contribution >= 4 is 29.5 Å². The van der Waals surface area contributed by atoms with Crippen molar-refractivity contribution in [1.82, 2.24) is 9.80 Å². The summed E-state index contributed by atoms with van der Waals surface area (Å²) < 4.78 is 4.70. The van der Waals surface area contributed by atoms with Gasteiger partial charge in [-0.25, -0.2) is 0 Å². The number of hydrogen-bond donors (Lipinski definition) is 1. The van der Waals surface area contributed by atoms with Gasteiger partial charge in [-0.1, -0.05) is 32.3 Å². The number of aliphatic hydroxyl groups is 1. The van der Waals surface area contributed by atoms with Crippen molar-refractivity contribution < 1.29 is 24.2 Å². The molecule has 3 aliphatic heterocycles. The van der Waals surface area contributed by atoms with E-state index in [0.29, 0.717) is 6.54 Å². The van der Waals surface area contributed by atoms with Crippen LogP contribution >= 0.6 is 11.8 Å². The number of likely N-dealkylation sites (tertiary alicyclic amines) is 1. The maximum Gasteiger partial charge on any atom is 0.310 e. The molecule has 0 aromatic carbocycles. The van der Waals surface area contributed by atoms with Crippen LogP contribution in [0.2, 0.25) is 0 Å². The number of ether oxygens (including phenoxy) is 1. The van der Waals surface area contributed by atoms with Crippen LogP contribution in [0.25, 0.3) is 0 Å². The van der Waals surface area contributed by atoms with Crippen molar-refractivity contribution in [2.45, 2.75) is 74.5 Å². The number of nitrogens with zero attached hydrogens (tertiary/aromatic N) is 2. The molecule has 4 fully saturated rings. The number of thioether (sulfide) groups is 1. The lowest BCUT2D eigenvalue weighted by Gasteiger charge is -2.43. The molecule has 0 radical (unpaired) electrons. The Labute approximate surface area is 194 Å². The zero-order valence-electron chi connectivity index (χ0n) is 19.2. The first-order chi connectivity index (χ1) is 15.4. The van der Waals surface area contributed by atoms with E-state index in [-0.39, 0.29) is 54.8 Å². The van der Waals surface area contributed by atoms with Crippen molar-refractivity contribution in [2.24, 2.45) is 17.8 Å². The summed E-state index contributed by atoms with van der Waals surface area (Å²) in [5.41, 5.74) is 0. The van der Waals surface area contributed by atoms with Crippen molar-refractivity contribution in [3.8, 4) is 0 Å². The van der Waals surface area contributed by atoms with E-state index in [0.717, 1.165) is 32.1 Å². The Morgan fingerprint density at radius 1 is 1.34 bits per heavy atom. The molecular formula is C24H36N2O5S. The maximum absolute atomic E-state index is 14.2. The van der Waals surface area contributed by atoms with Crippen LogP contribution in [0.15, 0.2) is 12.7 Å². The minimum Gasteiger partial charge on any atom is -0.466 e. The normalized spacial score (nSPS) is 36.3. The monoisotopic (exact) mass is 464 g/mol. The van der Waals surface area contributed by atoms with Gasteiger partial charge >= 0.3 is 5.97 Å². The summed E-state index contributed by atoms with van der Waals surface area (Å²) in [5.74, 6) is -1.54. The number of esters is 1. The lowest BCUT2D eigenvalue weighted by molar-refractivity contribution is -0.154. The van der Waals surface area contributed by atoms with Crippen molar-refractivity contribution in [1.29, 1.82) is 0 Å². The standard InChI is InChI=1S/C24H36N2O5S/c1-4-11-25(16-9-7-6-8-10-16)22(29)20-24-15(3)14-17(32-24)18(23(30)31-5-2)19(24)21(28)26(20)12-13-27/h4,15-20,27H,1,5-14H2,2-3H3/t15?,17-,18+,19+,20?,24?/m1/s1. The molecule has 1 spiro atoms. The van der Waals surface area contributed by atoms with Gasteiger partial charge in [0, 0.05) is 24.4 Å². The van der Waals surface area contributed by atoms with Crippen molar-refractivity contribution in [3.05, 3.63) is 12.7 Å². The van der Waals surface area contributed by atoms with Gasteiger partial charge in [0.1, 0.15) is 6.04 Å². The van der Waals surface area contributed by atoms with Gasteiger partial charge in [-0.3, -0.25) is 14.4 Å². The summed E-state index contributed by atoms with van der Waals surface area (Å²) in [6, 6.07) is -0.519. The largest absolute Gasteiger partial charge is 0.466 e. The average Bonchev–Trinajstić information content (AvgIpc) is 3.37. The molecule has 4 aliphatic rings. The molecule has 2 bridgehead atoms. The van der Waals surface area contributed by atoms with Crippen LogP contribution in [-0.2, 0) is 19.1 Å². The fourth-order valence-corrected chi connectivity index (χ4v) is 9.17. The molecule has 1 aliphatic carbocycles. The molecule has 7 nitrogen and oxygen atoms in total. The summed E-state index contributed by atoms with van der Waals surface area (Å²) in [5, 5.41) is 9.75. The quantitative estimate of drug-likeness (QED) is 0.438. The molecule has 32 heavy (non-hydrogen) atoms. The minimum absolute atomic E-state index is 0.00730. The minimum atomic E-state index is -0.668. The highest BCUT2D eigenvalue weighted by molar-refractivity contribution is 8.02. The van der Waals surface area contributed by atoms with Crippen LogP contribution in [-0.4, -0.2) is 81.1 Å². The SMILES string of the molecule is C=CCN(C(=O)C1N(CCO)C(=O)[C@@H]2[C@@H](C(=O)OCC)[C@H]3CC(C)C12S3)C1CCCCC1. The Hall–Kier alpha value is -1.54. The smallest absolute Gasteiger partial charge is 0.310 e. The molecule has 8 heteroatoms. The lowest BCUT2D eigenvalue weighted by Crippen LogP contribution is -2.59. The molecular weight excluding hydrogens is 428 g/mol.